The van der Waals surface area contributed by atoms with Crippen molar-refractivity contribution < 1.29 is 17.1 Å². The van der Waals surface area contributed by atoms with Gasteiger partial charge in [-0.05, 0) is 34.1 Å². The summed E-state index contributed by atoms with van der Waals surface area (Å²) < 4.78 is 34.5. The van der Waals surface area contributed by atoms with Crippen LogP contribution in [0.15, 0.2) is 22.7 Å². The number of rotatable bonds is 3. The van der Waals surface area contributed by atoms with Gasteiger partial charge in [0, 0.05) is 29.0 Å². The van der Waals surface area contributed by atoms with Crippen LogP contribution in [-0.4, -0.2) is 26.6 Å². The highest BCUT2D eigenvalue weighted by molar-refractivity contribution is 9.10. The van der Waals surface area contributed by atoms with Gasteiger partial charge in [-0.1, -0.05) is 0 Å². The molecule has 0 spiro atoms. The van der Waals surface area contributed by atoms with E-state index in [0.717, 1.165) is 0 Å². The van der Waals surface area contributed by atoms with Crippen LogP contribution in [0.25, 0.3) is 0 Å². The predicted molar refractivity (Wildman–Crippen MR) is 74.2 cm³/mol. The van der Waals surface area contributed by atoms with E-state index in [-0.39, 0.29) is 18.9 Å². The predicted octanol–water partition coefficient (Wildman–Crippen LogP) is 1.97. The molecule has 106 valence electrons. The Morgan fingerprint density at radius 3 is 2.80 bits per heavy atom. The smallest absolute Gasteiger partial charge is 0.302 e. The van der Waals surface area contributed by atoms with E-state index >= 15 is 0 Å². The Morgan fingerprint density at radius 1 is 1.50 bits per heavy atom. The maximum absolute atomic E-state index is 12.7. The summed E-state index contributed by atoms with van der Waals surface area (Å²) in [6, 6.07) is 6.81. The molecule has 5 nitrogen and oxygen atoms in total. The van der Waals surface area contributed by atoms with Crippen LogP contribution in [0.1, 0.15) is 12.0 Å². The Kier molecular flexibility index (Phi) is 4.11. The Hall–Kier alpha value is -1.46. The number of benzene rings is 1. The summed E-state index contributed by atoms with van der Waals surface area (Å²) in [4.78, 5) is 13.2. The van der Waals surface area contributed by atoms with Crippen LogP contribution < -0.4 is 4.90 Å². The molecule has 0 aliphatic carbocycles. The number of nitrogens with zero attached hydrogens (tertiary/aromatic N) is 2. The molecule has 1 aliphatic rings. The lowest BCUT2D eigenvalue weighted by molar-refractivity contribution is -0.117. The van der Waals surface area contributed by atoms with Gasteiger partial charge in [0.15, 0.2) is 0 Å². The molecule has 1 amide bonds. The zero-order valence-electron chi connectivity index (χ0n) is 10.2. The molecule has 1 heterocycles. The maximum atomic E-state index is 12.7. The van der Waals surface area contributed by atoms with Crippen molar-refractivity contribution in [1.29, 1.82) is 5.26 Å². The van der Waals surface area contributed by atoms with Gasteiger partial charge in [-0.25, -0.2) is 0 Å². The molecule has 0 bridgehead atoms. The minimum atomic E-state index is -4.59. The van der Waals surface area contributed by atoms with Gasteiger partial charge >= 0.3 is 10.2 Å². The average Bonchev–Trinajstić information content (AvgIpc) is 2.68. The van der Waals surface area contributed by atoms with Crippen molar-refractivity contribution in [3.8, 4) is 6.07 Å². The van der Waals surface area contributed by atoms with Gasteiger partial charge in [-0.15, -0.1) is 3.89 Å². The van der Waals surface area contributed by atoms with Gasteiger partial charge in [0.25, 0.3) is 0 Å². The molecule has 1 fully saturated rings. The van der Waals surface area contributed by atoms with Crippen LogP contribution in [0.2, 0.25) is 0 Å². The number of halogens is 2. The van der Waals surface area contributed by atoms with Crippen LogP contribution in [0.3, 0.4) is 0 Å². The van der Waals surface area contributed by atoms with Gasteiger partial charge < -0.3 is 4.90 Å². The van der Waals surface area contributed by atoms with Crippen molar-refractivity contribution >= 4 is 37.7 Å². The monoisotopic (exact) mass is 360 g/mol. The topological polar surface area (TPSA) is 78.2 Å². The molecule has 1 aromatic rings. The van der Waals surface area contributed by atoms with Crippen LogP contribution >= 0.6 is 15.9 Å². The first-order valence-corrected chi connectivity index (χ1v) is 8.07. The zero-order valence-corrected chi connectivity index (χ0v) is 12.6. The van der Waals surface area contributed by atoms with E-state index in [1.54, 1.807) is 12.1 Å². The van der Waals surface area contributed by atoms with E-state index in [1.165, 1.54) is 11.0 Å². The third kappa shape index (κ3) is 3.35. The lowest BCUT2D eigenvalue weighted by Crippen LogP contribution is -2.25. The molecule has 1 aliphatic heterocycles. The Morgan fingerprint density at radius 2 is 2.20 bits per heavy atom. The summed E-state index contributed by atoms with van der Waals surface area (Å²) >= 11 is 3.21. The minimum Gasteiger partial charge on any atom is -0.312 e. The summed E-state index contributed by atoms with van der Waals surface area (Å²) in [5.41, 5.74) is 0.880. The highest BCUT2D eigenvalue weighted by Crippen LogP contribution is 2.29. The van der Waals surface area contributed by atoms with Crippen LogP contribution in [0.4, 0.5) is 9.57 Å². The molecule has 0 N–H and O–H groups in total. The second-order valence-electron chi connectivity index (χ2n) is 4.56. The molecule has 0 radical (unpaired) electrons. The molecule has 0 aromatic heterocycles. The molecule has 1 saturated heterocycles. The van der Waals surface area contributed by atoms with E-state index in [4.69, 9.17) is 5.26 Å². The first kappa shape index (κ1) is 14.9. The highest BCUT2D eigenvalue weighted by Gasteiger charge is 2.33. The summed E-state index contributed by atoms with van der Waals surface area (Å²) in [7, 11) is -4.59. The zero-order chi connectivity index (χ0) is 14.9. The van der Waals surface area contributed by atoms with Crippen molar-refractivity contribution in [2.45, 2.75) is 6.42 Å². The lowest BCUT2D eigenvalue weighted by Gasteiger charge is -2.17. The van der Waals surface area contributed by atoms with Gasteiger partial charge in [0.2, 0.25) is 5.91 Å². The highest BCUT2D eigenvalue weighted by atomic mass is 79.9. The van der Waals surface area contributed by atoms with Crippen molar-refractivity contribution in [3.05, 3.63) is 28.2 Å². The SMILES string of the molecule is N#Cc1cc(N2CC(CS(=O)(=O)F)CC2=O)ccc1Br. The average molecular weight is 361 g/mol. The number of amides is 1. The molecule has 20 heavy (non-hydrogen) atoms. The Balaban J connectivity index is 2.22. The molecule has 2 rings (SSSR count). The summed E-state index contributed by atoms with van der Waals surface area (Å²) in [5, 5.41) is 8.94. The van der Waals surface area contributed by atoms with Crippen molar-refractivity contribution in [3.63, 3.8) is 0 Å². The number of carbonyl (C=O) groups is 1. The summed E-state index contributed by atoms with van der Waals surface area (Å²) in [6.45, 7) is 0.133. The summed E-state index contributed by atoms with van der Waals surface area (Å²) in [6.07, 6.45) is -0.0128. The summed E-state index contributed by atoms with van der Waals surface area (Å²) in [5.74, 6) is -1.49. The third-order valence-corrected chi connectivity index (χ3v) is 4.58. The van der Waals surface area contributed by atoms with Crippen LogP contribution in [0.5, 0.6) is 0 Å². The van der Waals surface area contributed by atoms with Crippen molar-refractivity contribution in [1.82, 2.24) is 0 Å². The van der Waals surface area contributed by atoms with E-state index < -0.39 is 21.9 Å². The first-order chi connectivity index (χ1) is 9.30. The number of hydrogen-bond donors (Lipinski definition) is 0. The van der Waals surface area contributed by atoms with Crippen LogP contribution in [-0.2, 0) is 15.0 Å². The molecular formula is C12H10BrFN2O3S. The maximum Gasteiger partial charge on any atom is 0.302 e. The first-order valence-electron chi connectivity index (χ1n) is 5.72. The fraction of sp³-hybridized carbons (Fsp3) is 0.333. The molecule has 1 atom stereocenters. The fourth-order valence-corrected chi connectivity index (χ4v) is 3.31. The molecule has 0 saturated carbocycles. The normalized spacial score (nSPS) is 19.1. The van der Waals surface area contributed by atoms with E-state index in [1.807, 2.05) is 6.07 Å². The number of carbonyl (C=O) groups excluding carboxylic acids is 1. The second kappa shape index (κ2) is 5.50. The fourth-order valence-electron chi connectivity index (χ4n) is 2.19. The largest absolute Gasteiger partial charge is 0.312 e. The van der Waals surface area contributed by atoms with Gasteiger partial charge in [-0.3, -0.25) is 4.79 Å². The molecule has 1 unspecified atom stereocenters. The van der Waals surface area contributed by atoms with E-state index in [9.17, 15) is 17.1 Å². The Labute approximate surface area is 124 Å². The van der Waals surface area contributed by atoms with E-state index in [0.29, 0.717) is 15.7 Å². The van der Waals surface area contributed by atoms with Crippen molar-refractivity contribution in [2.75, 3.05) is 17.2 Å². The number of anilines is 1. The Bertz CT molecular complexity index is 699. The molecular weight excluding hydrogens is 351 g/mol. The number of hydrogen-bond acceptors (Lipinski definition) is 4. The number of nitriles is 1. The van der Waals surface area contributed by atoms with E-state index in [2.05, 4.69) is 15.9 Å². The van der Waals surface area contributed by atoms with Gasteiger partial charge in [-0.2, -0.15) is 13.7 Å². The standard InChI is InChI=1S/C12H10BrFN2O3S/c13-11-2-1-10(4-9(11)5-15)16-6-8(3-12(16)17)7-20(14,18)19/h1-2,4,8H,3,6-7H2. The van der Waals surface area contributed by atoms with Gasteiger partial charge in [0.1, 0.15) is 6.07 Å². The third-order valence-electron chi connectivity index (χ3n) is 3.02. The second-order valence-corrected chi connectivity index (χ2v) is 6.82. The molecule has 1 aromatic carbocycles. The van der Waals surface area contributed by atoms with Crippen LogP contribution in [0, 0.1) is 17.2 Å². The van der Waals surface area contributed by atoms with Gasteiger partial charge in [0.05, 0.1) is 11.3 Å². The molecule has 8 heteroatoms. The quantitative estimate of drug-likeness (QED) is 0.772. The van der Waals surface area contributed by atoms with Crippen molar-refractivity contribution in [2.24, 2.45) is 5.92 Å². The minimum absolute atomic E-state index is 0.0128. The lowest BCUT2D eigenvalue weighted by atomic mass is 10.1.